The number of benzene rings is 2. The van der Waals surface area contributed by atoms with Crippen molar-refractivity contribution in [2.24, 2.45) is 5.92 Å². The lowest BCUT2D eigenvalue weighted by molar-refractivity contribution is 0.409. The normalized spacial score (nSPS) is 21.5. The number of rotatable bonds is 4. The number of nitrogens with one attached hydrogen (secondary N) is 1. The van der Waals surface area contributed by atoms with Crippen LogP contribution in [0.3, 0.4) is 0 Å². The van der Waals surface area contributed by atoms with Crippen molar-refractivity contribution in [1.82, 2.24) is 4.84 Å². The summed E-state index contributed by atoms with van der Waals surface area (Å²) in [6.45, 7) is 0. The second-order valence-corrected chi connectivity index (χ2v) is 6.12. The molecule has 4 heteroatoms. The summed E-state index contributed by atoms with van der Waals surface area (Å²) >= 11 is 5.89. The van der Waals surface area contributed by atoms with E-state index in [1.807, 2.05) is 12.1 Å². The average molecular weight is 322 g/mol. The van der Waals surface area contributed by atoms with Crippen LogP contribution in [0.25, 0.3) is 0 Å². The van der Waals surface area contributed by atoms with E-state index in [4.69, 9.17) is 11.8 Å². The Morgan fingerprint density at radius 1 is 0.955 bits per heavy atom. The van der Waals surface area contributed by atoms with Crippen molar-refractivity contribution in [1.29, 1.82) is 0 Å². The Kier molecular flexibility index (Phi) is 4.74. The first-order valence-corrected chi connectivity index (χ1v) is 7.94. The van der Waals surface area contributed by atoms with Crippen LogP contribution in [0.1, 0.15) is 36.3 Å². The largest absolute Gasteiger partial charge is 0.230 e. The van der Waals surface area contributed by atoms with Gasteiger partial charge in [0.1, 0.15) is 11.6 Å². The maximum absolute atomic E-state index is 13.7. The highest BCUT2D eigenvalue weighted by Crippen LogP contribution is 2.42. The van der Waals surface area contributed by atoms with E-state index >= 15 is 0 Å². The quantitative estimate of drug-likeness (QED) is 0.781. The maximum atomic E-state index is 13.7. The van der Waals surface area contributed by atoms with Crippen molar-refractivity contribution in [3.63, 3.8) is 0 Å². The van der Waals surface area contributed by atoms with Gasteiger partial charge in [-0.05, 0) is 65.9 Å². The molecule has 0 radical (unpaired) electrons. The van der Waals surface area contributed by atoms with Crippen molar-refractivity contribution in [2.45, 2.75) is 31.2 Å². The molecular weight excluding hydrogens is 304 g/mol. The summed E-state index contributed by atoms with van der Waals surface area (Å²) in [5.74, 6) is -0.384. The van der Waals surface area contributed by atoms with Crippen LogP contribution in [0.15, 0.2) is 48.5 Å². The van der Waals surface area contributed by atoms with Crippen LogP contribution < -0.4 is 4.84 Å². The molecule has 3 rings (SSSR count). The highest BCUT2D eigenvalue weighted by molar-refractivity contribution is 6.13. The lowest BCUT2D eigenvalue weighted by atomic mass is 9.78. The van der Waals surface area contributed by atoms with Crippen LogP contribution in [0, 0.1) is 17.6 Å². The van der Waals surface area contributed by atoms with Crippen LogP contribution in [-0.2, 0) is 0 Å². The second-order valence-electron chi connectivity index (χ2n) is 5.90. The fourth-order valence-electron chi connectivity index (χ4n) is 3.61. The molecule has 1 unspecified atom stereocenters. The molecular formula is C18H18ClF2N. The van der Waals surface area contributed by atoms with Crippen molar-refractivity contribution in [3.05, 3.63) is 71.3 Å². The third-order valence-corrected chi connectivity index (χ3v) is 4.83. The van der Waals surface area contributed by atoms with Crippen molar-refractivity contribution >= 4 is 11.8 Å². The van der Waals surface area contributed by atoms with Crippen molar-refractivity contribution in [3.8, 4) is 0 Å². The predicted molar refractivity (Wildman–Crippen MR) is 84.8 cm³/mol. The minimum atomic E-state index is -0.271. The fraction of sp³-hybridized carbons (Fsp3) is 0.333. The highest BCUT2D eigenvalue weighted by Gasteiger charge is 2.35. The molecule has 1 aliphatic carbocycles. The van der Waals surface area contributed by atoms with E-state index < -0.39 is 0 Å². The highest BCUT2D eigenvalue weighted by atomic mass is 35.5. The van der Waals surface area contributed by atoms with Crippen molar-refractivity contribution in [2.75, 3.05) is 0 Å². The van der Waals surface area contributed by atoms with Gasteiger partial charge in [0.25, 0.3) is 0 Å². The van der Waals surface area contributed by atoms with Gasteiger partial charge < -0.3 is 0 Å². The molecule has 0 amide bonds. The zero-order valence-electron chi connectivity index (χ0n) is 12.1. The zero-order valence-corrected chi connectivity index (χ0v) is 12.9. The molecule has 1 nitrogen and oxygen atoms in total. The summed E-state index contributed by atoms with van der Waals surface area (Å²) in [7, 11) is 0. The van der Waals surface area contributed by atoms with E-state index in [9.17, 15) is 8.78 Å². The molecule has 0 heterocycles. The molecule has 0 spiro atoms. The maximum Gasteiger partial charge on any atom is 0.123 e. The molecule has 1 saturated carbocycles. The van der Waals surface area contributed by atoms with E-state index in [1.165, 1.54) is 12.1 Å². The lowest BCUT2D eigenvalue weighted by Crippen LogP contribution is -2.30. The minimum Gasteiger partial charge on any atom is -0.230 e. The summed E-state index contributed by atoms with van der Waals surface area (Å²) in [5, 5.41) is 0. The molecule has 1 aliphatic rings. The number of hydrogen-bond donors (Lipinski definition) is 1. The minimum absolute atomic E-state index is 0.0647. The predicted octanol–water partition coefficient (Wildman–Crippen LogP) is 5.01. The van der Waals surface area contributed by atoms with Crippen LogP contribution in [0.5, 0.6) is 0 Å². The lowest BCUT2D eigenvalue weighted by Gasteiger charge is -2.29. The molecule has 0 bridgehead atoms. The third-order valence-electron chi connectivity index (χ3n) is 4.55. The standard InChI is InChI=1S/C18H18ClF2N/c19-22-17-9-3-8-16(17)18(12-4-1-6-14(20)10-12)13-5-2-7-15(21)11-13/h1-2,4-7,10-11,16-18,22H,3,8-9H2/t16?,17-/m0/s1. The summed E-state index contributed by atoms with van der Waals surface area (Å²) < 4.78 is 27.3. The number of hydrogen-bond acceptors (Lipinski definition) is 1. The molecule has 1 N–H and O–H groups in total. The smallest absolute Gasteiger partial charge is 0.123 e. The summed E-state index contributed by atoms with van der Waals surface area (Å²) in [4.78, 5) is 2.85. The zero-order chi connectivity index (χ0) is 15.5. The van der Waals surface area contributed by atoms with Gasteiger partial charge in [-0.3, -0.25) is 0 Å². The van der Waals surface area contributed by atoms with Gasteiger partial charge in [-0.25, -0.2) is 13.6 Å². The van der Waals surface area contributed by atoms with Gasteiger partial charge in [-0.1, -0.05) is 30.7 Å². The van der Waals surface area contributed by atoms with E-state index in [-0.39, 0.29) is 29.5 Å². The van der Waals surface area contributed by atoms with E-state index in [1.54, 1.807) is 24.3 Å². The molecule has 2 aromatic carbocycles. The average Bonchev–Trinajstić information content (AvgIpc) is 2.96. The van der Waals surface area contributed by atoms with E-state index in [2.05, 4.69) is 4.84 Å². The Labute approximate surface area is 134 Å². The van der Waals surface area contributed by atoms with Crippen LogP contribution in [0.2, 0.25) is 0 Å². The first kappa shape index (κ1) is 15.4. The van der Waals surface area contributed by atoms with Gasteiger partial charge >= 0.3 is 0 Å². The van der Waals surface area contributed by atoms with Gasteiger partial charge in [0, 0.05) is 12.0 Å². The molecule has 0 aromatic heterocycles. The molecule has 116 valence electrons. The van der Waals surface area contributed by atoms with Crippen LogP contribution >= 0.6 is 11.8 Å². The van der Waals surface area contributed by atoms with Gasteiger partial charge in [-0.2, -0.15) is 0 Å². The Morgan fingerprint density at radius 3 is 2.05 bits per heavy atom. The molecule has 2 atom stereocenters. The monoisotopic (exact) mass is 321 g/mol. The van der Waals surface area contributed by atoms with Gasteiger partial charge in [0.15, 0.2) is 0 Å². The van der Waals surface area contributed by atoms with E-state index in [0.29, 0.717) is 0 Å². The fourth-order valence-corrected chi connectivity index (χ4v) is 3.88. The summed E-state index contributed by atoms with van der Waals surface area (Å²) in [6.07, 6.45) is 3.04. The molecule has 2 aromatic rings. The van der Waals surface area contributed by atoms with Gasteiger partial charge in [-0.15, -0.1) is 0 Å². The summed E-state index contributed by atoms with van der Waals surface area (Å²) in [5.41, 5.74) is 1.74. The first-order chi connectivity index (χ1) is 10.7. The second kappa shape index (κ2) is 6.76. The van der Waals surface area contributed by atoms with Crippen molar-refractivity contribution < 1.29 is 8.78 Å². The molecule has 1 fully saturated rings. The van der Waals surface area contributed by atoms with E-state index in [0.717, 1.165) is 30.4 Å². The molecule has 0 aliphatic heterocycles. The van der Waals surface area contributed by atoms with Gasteiger partial charge in [0.2, 0.25) is 0 Å². The third kappa shape index (κ3) is 3.16. The number of halogens is 3. The SMILES string of the molecule is Fc1cccc(C(c2cccc(F)c2)C2CCC[C@@H]2NCl)c1. The molecule has 22 heavy (non-hydrogen) atoms. The topological polar surface area (TPSA) is 12.0 Å². The Balaban J connectivity index is 2.06. The van der Waals surface area contributed by atoms with Gasteiger partial charge in [0.05, 0.1) is 0 Å². The van der Waals surface area contributed by atoms with Crippen LogP contribution in [0.4, 0.5) is 8.78 Å². The Morgan fingerprint density at radius 2 is 1.55 bits per heavy atom. The Hall–Kier alpha value is -1.45. The Bertz CT molecular complexity index is 601. The summed E-state index contributed by atoms with van der Waals surface area (Å²) in [6, 6.07) is 13.3. The van der Waals surface area contributed by atoms with Crippen LogP contribution in [-0.4, -0.2) is 6.04 Å². The first-order valence-electron chi connectivity index (χ1n) is 7.56. The molecule has 0 saturated heterocycles.